The Labute approximate surface area is 240 Å². The van der Waals surface area contributed by atoms with Gasteiger partial charge in [0.1, 0.15) is 5.75 Å². The Hall–Kier alpha value is -4.04. The minimum absolute atomic E-state index is 0.0958. The van der Waals surface area contributed by atoms with Crippen molar-refractivity contribution in [1.29, 1.82) is 0 Å². The number of nitrogens with zero attached hydrogens (tertiary/aromatic N) is 3. The molecule has 3 heterocycles. The van der Waals surface area contributed by atoms with Crippen LogP contribution in [-0.2, 0) is 4.79 Å². The Morgan fingerprint density at radius 2 is 1.98 bits per heavy atom. The van der Waals surface area contributed by atoms with Crippen LogP contribution in [-0.4, -0.2) is 40.0 Å². The Morgan fingerprint density at radius 1 is 1.05 bits per heavy atom. The lowest BCUT2D eigenvalue weighted by molar-refractivity contribution is -0.116. The number of carbonyl (C=O) groups is 1. The average Bonchev–Trinajstić information content (AvgIpc) is 3.70. The van der Waals surface area contributed by atoms with E-state index in [0.717, 1.165) is 65.0 Å². The van der Waals surface area contributed by atoms with Crippen LogP contribution in [0.1, 0.15) is 50.5 Å². The fourth-order valence-electron chi connectivity index (χ4n) is 6.57. The number of aromatic nitrogens is 3. The van der Waals surface area contributed by atoms with Gasteiger partial charge in [-0.2, -0.15) is 0 Å². The van der Waals surface area contributed by atoms with E-state index in [2.05, 4.69) is 32.0 Å². The number of nitrogens with one attached hydrogen (secondary N) is 3. The number of fused-ring (bicyclic) bond motifs is 1. The van der Waals surface area contributed by atoms with Gasteiger partial charge < -0.3 is 20.7 Å². The Morgan fingerprint density at radius 3 is 2.78 bits per heavy atom. The number of ether oxygens (including phenoxy) is 1. The Balaban J connectivity index is 1.14. The van der Waals surface area contributed by atoms with Gasteiger partial charge in [0, 0.05) is 47.9 Å². The molecule has 2 aromatic heterocycles. The van der Waals surface area contributed by atoms with E-state index in [1.165, 1.54) is 25.7 Å². The SMILES string of the molecule is Cc1ccc2c(NC(=O)C[C@@H]3CC34CCC4)cccc2c1Oc1ncccc1-c1ccnc(N[C@H]2CCCNC2)n1. The summed E-state index contributed by atoms with van der Waals surface area (Å²) in [5, 5.41) is 11.9. The summed E-state index contributed by atoms with van der Waals surface area (Å²) in [6.45, 7) is 3.98. The maximum Gasteiger partial charge on any atom is 0.228 e. The molecule has 0 unspecified atom stereocenters. The number of piperidine rings is 1. The maximum absolute atomic E-state index is 13.0. The van der Waals surface area contributed by atoms with Crippen molar-refractivity contribution in [2.24, 2.45) is 11.3 Å². The van der Waals surface area contributed by atoms with Crippen LogP contribution in [0.15, 0.2) is 60.9 Å². The van der Waals surface area contributed by atoms with Crippen LogP contribution in [0.3, 0.4) is 0 Å². The average molecular weight is 549 g/mol. The minimum atomic E-state index is 0.0958. The molecule has 3 fully saturated rings. The van der Waals surface area contributed by atoms with Crippen molar-refractivity contribution >= 4 is 28.3 Å². The number of pyridine rings is 1. The highest BCUT2D eigenvalue weighted by Gasteiger charge is 2.57. The first-order chi connectivity index (χ1) is 20.1. The highest BCUT2D eigenvalue weighted by atomic mass is 16.5. The first kappa shape index (κ1) is 25.9. The van der Waals surface area contributed by atoms with Crippen molar-refractivity contribution in [2.45, 2.75) is 57.9 Å². The molecule has 7 rings (SSSR count). The molecule has 1 saturated heterocycles. The van der Waals surface area contributed by atoms with Crippen molar-refractivity contribution in [3.63, 3.8) is 0 Å². The molecule has 8 heteroatoms. The molecule has 3 N–H and O–H groups in total. The van der Waals surface area contributed by atoms with Crippen molar-refractivity contribution < 1.29 is 9.53 Å². The van der Waals surface area contributed by atoms with Crippen molar-refractivity contribution in [1.82, 2.24) is 20.3 Å². The zero-order valence-electron chi connectivity index (χ0n) is 23.5. The van der Waals surface area contributed by atoms with Gasteiger partial charge in [0.2, 0.25) is 17.7 Å². The summed E-state index contributed by atoms with van der Waals surface area (Å²) in [6.07, 6.45) is 11.4. The van der Waals surface area contributed by atoms with Crippen molar-refractivity contribution in [2.75, 3.05) is 23.7 Å². The topological polar surface area (TPSA) is 101 Å². The molecule has 8 nitrogen and oxygen atoms in total. The van der Waals surface area contributed by atoms with Gasteiger partial charge in [-0.05, 0) is 86.7 Å². The van der Waals surface area contributed by atoms with E-state index in [-0.39, 0.29) is 5.91 Å². The number of benzene rings is 2. The zero-order valence-corrected chi connectivity index (χ0v) is 23.5. The lowest BCUT2D eigenvalue weighted by atomic mass is 9.79. The molecule has 0 bridgehead atoms. The van der Waals surface area contributed by atoms with Gasteiger partial charge in [0.25, 0.3) is 0 Å². The van der Waals surface area contributed by atoms with Gasteiger partial charge in [0.15, 0.2) is 0 Å². The Kier molecular flexibility index (Phi) is 6.79. The Bertz CT molecular complexity index is 1590. The predicted octanol–water partition coefficient (Wildman–Crippen LogP) is 6.48. The largest absolute Gasteiger partial charge is 0.437 e. The molecule has 210 valence electrons. The molecule has 3 aliphatic rings. The summed E-state index contributed by atoms with van der Waals surface area (Å²) in [6, 6.07) is 16.1. The molecule has 1 spiro atoms. The smallest absolute Gasteiger partial charge is 0.228 e. The first-order valence-corrected chi connectivity index (χ1v) is 14.8. The summed E-state index contributed by atoms with van der Waals surface area (Å²) < 4.78 is 6.57. The third kappa shape index (κ3) is 5.24. The summed E-state index contributed by atoms with van der Waals surface area (Å²) in [7, 11) is 0. The predicted molar refractivity (Wildman–Crippen MR) is 161 cm³/mol. The number of amides is 1. The fraction of sp³-hybridized carbons (Fsp3) is 0.394. The van der Waals surface area contributed by atoms with Gasteiger partial charge in [-0.15, -0.1) is 0 Å². The second-order valence-corrected chi connectivity index (χ2v) is 11.9. The summed E-state index contributed by atoms with van der Waals surface area (Å²) in [5.74, 6) is 2.43. The third-order valence-electron chi connectivity index (χ3n) is 9.15. The van der Waals surface area contributed by atoms with Crippen LogP contribution < -0.4 is 20.7 Å². The third-order valence-corrected chi connectivity index (χ3v) is 9.15. The molecule has 2 saturated carbocycles. The highest BCUT2D eigenvalue weighted by Crippen LogP contribution is 2.66. The van der Waals surface area contributed by atoms with Crippen LogP contribution in [0.4, 0.5) is 11.6 Å². The number of hydrogen-bond acceptors (Lipinski definition) is 7. The van der Waals surface area contributed by atoms with Crippen LogP contribution in [0, 0.1) is 18.3 Å². The van der Waals surface area contributed by atoms with Crippen LogP contribution >= 0.6 is 0 Å². The fourth-order valence-corrected chi connectivity index (χ4v) is 6.57. The number of hydrogen-bond donors (Lipinski definition) is 3. The molecule has 41 heavy (non-hydrogen) atoms. The lowest BCUT2D eigenvalue weighted by Crippen LogP contribution is -2.38. The van der Waals surface area contributed by atoms with E-state index >= 15 is 0 Å². The normalized spacial score (nSPS) is 20.8. The van der Waals surface area contributed by atoms with E-state index < -0.39 is 0 Å². The van der Waals surface area contributed by atoms with E-state index in [9.17, 15) is 4.79 Å². The van der Waals surface area contributed by atoms with E-state index in [0.29, 0.717) is 35.6 Å². The molecule has 4 aromatic rings. The second kappa shape index (κ2) is 10.7. The molecule has 2 atom stereocenters. The van der Waals surface area contributed by atoms with E-state index in [1.54, 1.807) is 12.4 Å². The number of aryl methyl sites for hydroxylation is 1. The highest BCUT2D eigenvalue weighted by molar-refractivity contribution is 6.04. The standard InChI is InChI=1S/C33H36N6O2/c1-21-10-11-24-25(7-2-9-27(24)38-29(40)18-22-19-33(22)13-5-14-33)30(21)41-31-26(8-4-16-35-31)28-12-17-36-32(39-28)37-23-6-3-15-34-20-23/h2,4,7-12,16-17,22-23,34H,3,5-6,13-15,18-20H2,1H3,(H,38,40)(H,36,37,39)/t22-,23+/m1/s1. The molecule has 1 amide bonds. The molecule has 2 aromatic carbocycles. The minimum Gasteiger partial charge on any atom is -0.437 e. The molecule has 2 aliphatic carbocycles. The summed E-state index contributed by atoms with van der Waals surface area (Å²) in [5.41, 5.74) is 3.81. The molecular formula is C33H36N6O2. The summed E-state index contributed by atoms with van der Waals surface area (Å²) >= 11 is 0. The number of carbonyl (C=O) groups excluding carboxylic acids is 1. The first-order valence-electron chi connectivity index (χ1n) is 14.8. The van der Waals surface area contributed by atoms with Gasteiger partial charge in [-0.25, -0.2) is 15.0 Å². The second-order valence-electron chi connectivity index (χ2n) is 11.9. The van der Waals surface area contributed by atoms with Crippen LogP contribution in [0.2, 0.25) is 0 Å². The van der Waals surface area contributed by atoms with Gasteiger partial charge in [-0.1, -0.05) is 30.7 Å². The number of rotatable bonds is 8. The maximum atomic E-state index is 13.0. The molecular weight excluding hydrogens is 512 g/mol. The van der Waals surface area contributed by atoms with Gasteiger partial charge in [0.05, 0.1) is 11.3 Å². The van der Waals surface area contributed by atoms with Crippen LogP contribution in [0.25, 0.3) is 22.0 Å². The van der Waals surface area contributed by atoms with Gasteiger partial charge >= 0.3 is 0 Å². The molecule has 0 radical (unpaired) electrons. The van der Waals surface area contributed by atoms with E-state index in [4.69, 9.17) is 9.72 Å². The van der Waals surface area contributed by atoms with Gasteiger partial charge in [-0.3, -0.25) is 4.79 Å². The van der Waals surface area contributed by atoms with Crippen molar-refractivity contribution in [3.05, 3.63) is 66.5 Å². The lowest BCUT2D eigenvalue weighted by Gasteiger charge is -2.26. The zero-order chi connectivity index (χ0) is 27.8. The number of anilines is 2. The quantitative estimate of drug-likeness (QED) is 0.232. The summed E-state index contributed by atoms with van der Waals surface area (Å²) in [4.78, 5) is 26.8. The van der Waals surface area contributed by atoms with Crippen LogP contribution in [0.5, 0.6) is 11.6 Å². The molecule has 1 aliphatic heterocycles. The van der Waals surface area contributed by atoms with E-state index in [1.807, 2.05) is 49.4 Å². The van der Waals surface area contributed by atoms with Crippen molar-refractivity contribution in [3.8, 4) is 22.9 Å². The monoisotopic (exact) mass is 548 g/mol.